The van der Waals surface area contributed by atoms with Crippen molar-refractivity contribution in [1.82, 2.24) is 10.2 Å². The highest BCUT2D eigenvalue weighted by Crippen LogP contribution is 2.32. The van der Waals surface area contributed by atoms with E-state index in [0.29, 0.717) is 37.3 Å². The Kier molecular flexibility index (Phi) is 4.48. The number of aliphatic hydroxyl groups is 1. The van der Waals surface area contributed by atoms with Gasteiger partial charge in [0.2, 0.25) is 11.8 Å². The van der Waals surface area contributed by atoms with Crippen molar-refractivity contribution in [3.63, 3.8) is 0 Å². The summed E-state index contributed by atoms with van der Waals surface area (Å²) in [6, 6.07) is 0. The van der Waals surface area contributed by atoms with Gasteiger partial charge < -0.3 is 15.3 Å². The molecule has 2 amide bonds. The lowest BCUT2D eigenvalue weighted by Gasteiger charge is -2.19. The second-order valence-corrected chi connectivity index (χ2v) is 7.02. The number of carbonyl (C=O) groups excluding carboxylic acids is 2. The molecule has 21 heavy (non-hydrogen) atoms. The van der Waals surface area contributed by atoms with Crippen LogP contribution in [0.2, 0.25) is 0 Å². The molecule has 3 atom stereocenters. The predicted octanol–water partition coefficient (Wildman–Crippen LogP) is 0.770. The fourth-order valence-corrected chi connectivity index (χ4v) is 3.74. The van der Waals surface area contributed by atoms with Crippen LogP contribution in [0, 0.1) is 23.7 Å². The molecule has 3 unspecified atom stereocenters. The lowest BCUT2D eigenvalue weighted by molar-refractivity contribution is -0.129. The van der Waals surface area contributed by atoms with E-state index >= 15 is 0 Å². The molecule has 0 aromatic carbocycles. The fraction of sp³-hybridized carbons (Fsp3) is 0.875. The fourth-order valence-electron chi connectivity index (χ4n) is 3.74. The van der Waals surface area contributed by atoms with Gasteiger partial charge in [0.25, 0.3) is 0 Å². The molecule has 3 rings (SSSR count). The molecule has 2 saturated carbocycles. The Morgan fingerprint density at radius 1 is 1.24 bits per heavy atom. The maximum absolute atomic E-state index is 12.2. The molecule has 1 saturated heterocycles. The zero-order valence-corrected chi connectivity index (χ0v) is 12.6. The van der Waals surface area contributed by atoms with E-state index in [1.807, 2.05) is 4.90 Å². The summed E-state index contributed by atoms with van der Waals surface area (Å²) < 4.78 is 0. The largest absolute Gasteiger partial charge is 0.396 e. The molecule has 1 aliphatic heterocycles. The lowest BCUT2D eigenvalue weighted by atomic mass is 9.96. The van der Waals surface area contributed by atoms with Gasteiger partial charge in [-0.25, -0.2) is 0 Å². The summed E-state index contributed by atoms with van der Waals surface area (Å²) in [4.78, 5) is 26.0. The first-order valence-corrected chi connectivity index (χ1v) is 8.33. The van der Waals surface area contributed by atoms with Gasteiger partial charge in [-0.15, -0.1) is 0 Å². The minimum absolute atomic E-state index is 0.0187. The van der Waals surface area contributed by atoms with Crippen LogP contribution in [0.1, 0.15) is 38.5 Å². The number of rotatable bonds is 6. The van der Waals surface area contributed by atoms with Crippen LogP contribution in [-0.2, 0) is 9.59 Å². The molecule has 118 valence electrons. The van der Waals surface area contributed by atoms with Crippen LogP contribution in [-0.4, -0.2) is 48.1 Å². The Morgan fingerprint density at radius 2 is 2.00 bits per heavy atom. The Labute approximate surface area is 126 Å². The van der Waals surface area contributed by atoms with Crippen molar-refractivity contribution in [2.24, 2.45) is 23.7 Å². The van der Waals surface area contributed by atoms with Gasteiger partial charge in [-0.1, -0.05) is 6.42 Å². The molecule has 3 fully saturated rings. The van der Waals surface area contributed by atoms with E-state index in [-0.39, 0.29) is 24.3 Å². The van der Waals surface area contributed by atoms with Gasteiger partial charge in [0.15, 0.2) is 0 Å². The minimum Gasteiger partial charge on any atom is -0.396 e. The van der Waals surface area contributed by atoms with Gasteiger partial charge >= 0.3 is 0 Å². The number of hydrogen-bond acceptors (Lipinski definition) is 3. The number of nitrogens with one attached hydrogen (secondary N) is 1. The monoisotopic (exact) mass is 294 g/mol. The number of aliphatic hydroxyl groups excluding tert-OH is 1. The van der Waals surface area contributed by atoms with E-state index in [1.165, 1.54) is 12.8 Å². The molecule has 2 N–H and O–H groups in total. The Bertz CT molecular complexity index is 408. The van der Waals surface area contributed by atoms with Crippen molar-refractivity contribution in [2.75, 3.05) is 26.2 Å². The Hall–Kier alpha value is -1.10. The summed E-state index contributed by atoms with van der Waals surface area (Å²) in [5.74, 6) is 1.40. The van der Waals surface area contributed by atoms with Crippen LogP contribution in [0.5, 0.6) is 0 Å². The molecule has 1 heterocycles. The maximum atomic E-state index is 12.2. The van der Waals surface area contributed by atoms with Crippen molar-refractivity contribution in [1.29, 1.82) is 0 Å². The first-order chi connectivity index (χ1) is 10.2. The second kappa shape index (κ2) is 6.34. The van der Waals surface area contributed by atoms with Crippen LogP contribution in [0.3, 0.4) is 0 Å². The molecular formula is C16H26N2O3. The van der Waals surface area contributed by atoms with E-state index in [4.69, 9.17) is 0 Å². The van der Waals surface area contributed by atoms with Gasteiger partial charge in [-0.2, -0.15) is 0 Å². The number of nitrogens with zero attached hydrogens (tertiary/aromatic N) is 1. The maximum Gasteiger partial charge on any atom is 0.225 e. The van der Waals surface area contributed by atoms with Crippen LogP contribution in [0.15, 0.2) is 0 Å². The van der Waals surface area contributed by atoms with Crippen molar-refractivity contribution in [2.45, 2.75) is 38.5 Å². The topological polar surface area (TPSA) is 69.6 Å². The van der Waals surface area contributed by atoms with E-state index in [9.17, 15) is 14.7 Å². The molecule has 0 spiro atoms. The number of likely N-dealkylation sites (tertiary alicyclic amines) is 1. The highest BCUT2D eigenvalue weighted by atomic mass is 16.3. The molecule has 3 aliphatic rings. The van der Waals surface area contributed by atoms with Crippen LogP contribution in [0.4, 0.5) is 0 Å². The van der Waals surface area contributed by atoms with E-state index in [2.05, 4.69) is 5.32 Å². The van der Waals surface area contributed by atoms with E-state index in [0.717, 1.165) is 25.8 Å². The van der Waals surface area contributed by atoms with Gasteiger partial charge in [0.1, 0.15) is 0 Å². The first kappa shape index (κ1) is 14.8. The third-order valence-electron chi connectivity index (χ3n) is 5.35. The van der Waals surface area contributed by atoms with Gasteiger partial charge in [0.05, 0.1) is 5.92 Å². The average Bonchev–Trinajstić information content (AvgIpc) is 3.05. The van der Waals surface area contributed by atoms with Gasteiger partial charge in [-0.3, -0.25) is 9.59 Å². The van der Waals surface area contributed by atoms with Crippen molar-refractivity contribution >= 4 is 11.8 Å². The molecule has 0 aromatic heterocycles. The normalized spacial score (nSPS) is 32.7. The smallest absolute Gasteiger partial charge is 0.225 e. The Morgan fingerprint density at radius 3 is 2.71 bits per heavy atom. The second-order valence-electron chi connectivity index (χ2n) is 7.02. The van der Waals surface area contributed by atoms with Crippen LogP contribution in [0.25, 0.3) is 0 Å². The summed E-state index contributed by atoms with van der Waals surface area (Å²) in [6.07, 6.45) is 6.11. The molecule has 5 nitrogen and oxygen atoms in total. The lowest BCUT2D eigenvalue weighted by Crippen LogP contribution is -2.37. The standard InChI is InChI=1S/C16H26N2O3/c19-10-13-3-1-2-12(13)7-17-16(21)14-6-15(20)18(9-14)8-11-4-5-11/h11-14,19H,1-10H2,(H,17,21). The summed E-state index contributed by atoms with van der Waals surface area (Å²) in [5.41, 5.74) is 0. The Balaban J connectivity index is 1.44. The zero-order chi connectivity index (χ0) is 14.8. The highest BCUT2D eigenvalue weighted by Gasteiger charge is 2.37. The van der Waals surface area contributed by atoms with Crippen molar-refractivity contribution < 1.29 is 14.7 Å². The minimum atomic E-state index is -0.176. The van der Waals surface area contributed by atoms with Crippen LogP contribution >= 0.6 is 0 Å². The molecular weight excluding hydrogens is 268 g/mol. The van der Waals surface area contributed by atoms with E-state index in [1.54, 1.807) is 0 Å². The third-order valence-corrected chi connectivity index (χ3v) is 5.35. The third kappa shape index (κ3) is 3.57. The molecule has 0 aromatic rings. The summed E-state index contributed by atoms with van der Waals surface area (Å²) in [5, 5.41) is 12.3. The summed E-state index contributed by atoms with van der Waals surface area (Å²) in [7, 11) is 0. The van der Waals surface area contributed by atoms with E-state index < -0.39 is 0 Å². The van der Waals surface area contributed by atoms with Crippen molar-refractivity contribution in [3.8, 4) is 0 Å². The van der Waals surface area contributed by atoms with Gasteiger partial charge in [0, 0.05) is 32.7 Å². The average molecular weight is 294 g/mol. The summed E-state index contributed by atoms with van der Waals surface area (Å²) in [6.45, 7) is 2.31. The first-order valence-electron chi connectivity index (χ1n) is 8.33. The number of amides is 2. The SMILES string of the molecule is O=C(NCC1CCCC1CO)C1CC(=O)N(CC2CC2)C1. The van der Waals surface area contributed by atoms with Crippen LogP contribution < -0.4 is 5.32 Å². The van der Waals surface area contributed by atoms with Gasteiger partial charge in [-0.05, 0) is 43.4 Å². The zero-order valence-electron chi connectivity index (χ0n) is 12.6. The predicted molar refractivity (Wildman–Crippen MR) is 78.3 cm³/mol. The quantitative estimate of drug-likeness (QED) is 0.760. The number of carbonyl (C=O) groups is 2. The molecule has 5 heteroatoms. The van der Waals surface area contributed by atoms with Crippen molar-refractivity contribution in [3.05, 3.63) is 0 Å². The molecule has 0 bridgehead atoms. The summed E-state index contributed by atoms with van der Waals surface area (Å²) >= 11 is 0. The molecule has 2 aliphatic carbocycles. The highest BCUT2D eigenvalue weighted by molar-refractivity contribution is 5.89. The molecule has 0 radical (unpaired) electrons. The number of hydrogen-bond donors (Lipinski definition) is 2.